The van der Waals surface area contributed by atoms with E-state index in [2.05, 4.69) is 0 Å². The zero-order valence-electron chi connectivity index (χ0n) is 10.7. The molecule has 19 heavy (non-hydrogen) atoms. The first-order valence-electron chi connectivity index (χ1n) is 6.27. The van der Waals surface area contributed by atoms with Crippen LogP contribution in [0.2, 0.25) is 0 Å². The Morgan fingerprint density at radius 1 is 1.42 bits per heavy atom. The van der Waals surface area contributed by atoms with Crippen LogP contribution >= 0.6 is 0 Å². The number of piperidine rings is 1. The molecule has 1 aliphatic rings. The summed E-state index contributed by atoms with van der Waals surface area (Å²) in [5.41, 5.74) is 1.01. The van der Waals surface area contributed by atoms with Crippen molar-refractivity contribution in [2.24, 2.45) is 5.92 Å². The van der Waals surface area contributed by atoms with Crippen molar-refractivity contribution in [3.05, 3.63) is 35.1 Å². The van der Waals surface area contributed by atoms with Gasteiger partial charge >= 0.3 is 5.97 Å². The quantitative estimate of drug-likeness (QED) is 0.890. The molecule has 0 unspecified atom stereocenters. The highest BCUT2D eigenvalue weighted by Gasteiger charge is 2.29. The summed E-state index contributed by atoms with van der Waals surface area (Å²) in [6, 6.07) is 4.08. The van der Waals surface area contributed by atoms with Crippen LogP contribution in [0.3, 0.4) is 0 Å². The first kappa shape index (κ1) is 13.5. The molecular formula is C14H16FNO3. The lowest BCUT2D eigenvalue weighted by Gasteiger charge is -2.31. The summed E-state index contributed by atoms with van der Waals surface area (Å²) in [6.45, 7) is 2.47. The summed E-state index contributed by atoms with van der Waals surface area (Å²) >= 11 is 0. The van der Waals surface area contributed by atoms with E-state index in [-0.39, 0.29) is 12.5 Å². The van der Waals surface area contributed by atoms with Gasteiger partial charge in [0, 0.05) is 18.7 Å². The van der Waals surface area contributed by atoms with Gasteiger partial charge < -0.3 is 10.0 Å². The fourth-order valence-electron chi connectivity index (χ4n) is 2.36. The molecule has 1 aliphatic heterocycles. The van der Waals surface area contributed by atoms with Crippen molar-refractivity contribution in [1.82, 2.24) is 4.90 Å². The monoisotopic (exact) mass is 265 g/mol. The standard InChI is InChI=1S/C14H16FNO3/c1-9-4-5-11(15)7-12(9)13(17)16-6-2-3-10(8-16)14(18)19/h4-5,7,10H,2-3,6,8H2,1H3,(H,18,19)/t10-/m0/s1. The van der Waals surface area contributed by atoms with Crippen molar-refractivity contribution in [3.63, 3.8) is 0 Å². The zero-order valence-corrected chi connectivity index (χ0v) is 10.7. The first-order chi connectivity index (χ1) is 8.99. The van der Waals surface area contributed by atoms with Crippen molar-refractivity contribution in [3.8, 4) is 0 Å². The van der Waals surface area contributed by atoms with Gasteiger partial charge in [-0.1, -0.05) is 6.07 Å². The molecule has 1 saturated heterocycles. The Bertz CT molecular complexity index is 515. The highest BCUT2D eigenvalue weighted by Crippen LogP contribution is 2.20. The Kier molecular flexibility index (Phi) is 3.83. The first-order valence-corrected chi connectivity index (χ1v) is 6.27. The number of carboxylic acids is 1. The van der Waals surface area contributed by atoms with Gasteiger partial charge in [0.05, 0.1) is 5.92 Å². The molecule has 0 saturated carbocycles. The number of hydrogen-bond donors (Lipinski definition) is 1. The van der Waals surface area contributed by atoms with E-state index in [1.165, 1.54) is 17.0 Å². The minimum atomic E-state index is -0.881. The summed E-state index contributed by atoms with van der Waals surface area (Å²) in [5, 5.41) is 9.01. The van der Waals surface area contributed by atoms with Crippen LogP contribution in [0, 0.1) is 18.7 Å². The highest BCUT2D eigenvalue weighted by atomic mass is 19.1. The molecule has 4 nitrogen and oxygen atoms in total. The highest BCUT2D eigenvalue weighted by molar-refractivity contribution is 5.96. The number of carbonyl (C=O) groups is 2. The summed E-state index contributed by atoms with van der Waals surface area (Å²) in [6.07, 6.45) is 1.25. The van der Waals surface area contributed by atoms with E-state index < -0.39 is 17.7 Å². The van der Waals surface area contributed by atoms with E-state index in [4.69, 9.17) is 5.11 Å². The van der Waals surface area contributed by atoms with Crippen LogP contribution in [-0.2, 0) is 4.79 Å². The summed E-state index contributed by atoms with van der Waals surface area (Å²) in [4.78, 5) is 24.8. The number of aliphatic carboxylic acids is 1. The van der Waals surface area contributed by atoms with Gasteiger partial charge in [-0.2, -0.15) is 0 Å². The molecule has 1 atom stereocenters. The average molecular weight is 265 g/mol. The molecule has 102 valence electrons. The Morgan fingerprint density at radius 3 is 2.84 bits per heavy atom. The van der Waals surface area contributed by atoms with Gasteiger partial charge in [0.2, 0.25) is 0 Å². The Hall–Kier alpha value is -1.91. The van der Waals surface area contributed by atoms with E-state index in [9.17, 15) is 14.0 Å². The van der Waals surface area contributed by atoms with Gasteiger partial charge in [-0.25, -0.2) is 4.39 Å². The van der Waals surface area contributed by atoms with Crippen LogP contribution < -0.4 is 0 Å². The number of nitrogens with zero attached hydrogens (tertiary/aromatic N) is 1. The van der Waals surface area contributed by atoms with Crippen LogP contribution in [0.15, 0.2) is 18.2 Å². The van der Waals surface area contributed by atoms with Gasteiger partial charge in [0.15, 0.2) is 0 Å². The fraction of sp³-hybridized carbons (Fsp3) is 0.429. The molecule has 0 bridgehead atoms. The molecule has 1 heterocycles. The van der Waals surface area contributed by atoms with Gasteiger partial charge in [0.1, 0.15) is 5.82 Å². The molecule has 0 aliphatic carbocycles. The second-order valence-corrected chi connectivity index (χ2v) is 4.89. The number of carbonyl (C=O) groups excluding carboxylic acids is 1. The third-order valence-corrected chi connectivity index (χ3v) is 3.49. The summed E-state index contributed by atoms with van der Waals surface area (Å²) in [7, 11) is 0. The number of rotatable bonds is 2. The predicted octanol–water partition coefficient (Wildman–Crippen LogP) is 2.07. The number of hydrogen-bond acceptors (Lipinski definition) is 2. The maximum atomic E-state index is 13.2. The van der Waals surface area contributed by atoms with Crippen LogP contribution in [-0.4, -0.2) is 35.0 Å². The van der Waals surface area contributed by atoms with E-state index in [1.807, 2.05) is 0 Å². The fourth-order valence-corrected chi connectivity index (χ4v) is 2.36. The topological polar surface area (TPSA) is 57.6 Å². The van der Waals surface area contributed by atoms with Gasteiger partial charge in [-0.15, -0.1) is 0 Å². The van der Waals surface area contributed by atoms with Crippen molar-refractivity contribution >= 4 is 11.9 Å². The summed E-state index contributed by atoms with van der Waals surface area (Å²) < 4.78 is 13.2. The second-order valence-electron chi connectivity index (χ2n) is 4.89. The molecule has 5 heteroatoms. The normalized spacial score (nSPS) is 19.3. The number of likely N-dealkylation sites (tertiary alicyclic amines) is 1. The molecule has 1 aromatic carbocycles. The maximum Gasteiger partial charge on any atom is 0.308 e. The van der Waals surface area contributed by atoms with Crippen LogP contribution in [0.25, 0.3) is 0 Å². The molecule has 0 spiro atoms. The van der Waals surface area contributed by atoms with E-state index in [0.29, 0.717) is 30.5 Å². The third-order valence-electron chi connectivity index (χ3n) is 3.49. The molecule has 0 aromatic heterocycles. The third kappa shape index (κ3) is 2.92. The van der Waals surface area contributed by atoms with Crippen molar-refractivity contribution in [2.75, 3.05) is 13.1 Å². The molecule has 0 radical (unpaired) electrons. The SMILES string of the molecule is Cc1ccc(F)cc1C(=O)N1CCC[C@H](C(=O)O)C1. The van der Waals surface area contributed by atoms with Crippen molar-refractivity contribution < 1.29 is 19.1 Å². The van der Waals surface area contributed by atoms with Crippen LogP contribution in [0.5, 0.6) is 0 Å². The Labute approximate surface area is 110 Å². The van der Waals surface area contributed by atoms with Gasteiger partial charge in [0.25, 0.3) is 5.91 Å². The van der Waals surface area contributed by atoms with Gasteiger partial charge in [-0.3, -0.25) is 9.59 Å². The van der Waals surface area contributed by atoms with E-state index in [1.54, 1.807) is 13.0 Å². The lowest BCUT2D eigenvalue weighted by Crippen LogP contribution is -2.42. The number of carboxylic acid groups (broad SMARTS) is 1. The van der Waals surface area contributed by atoms with Gasteiger partial charge in [-0.05, 0) is 37.5 Å². The average Bonchev–Trinajstić information content (AvgIpc) is 2.41. The number of aryl methyl sites for hydroxylation is 1. The molecule has 1 fully saturated rings. The zero-order chi connectivity index (χ0) is 14.0. The number of benzene rings is 1. The smallest absolute Gasteiger partial charge is 0.308 e. The van der Waals surface area contributed by atoms with Crippen molar-refractivity contribution in [1.29, 1.82) is 0 Å². The number of amides is 1. The lowest BCUT2D eigenvalue weighted by atomic mass is 9.97. The Morgan fingerprint density at radius 2 is 2.16 bits per heavy atom. The maximum absolute atomic E-state index is 13.2. The van der Waals surface area contributed by atoms with Crippen LogP contribution in [0.4, 0.5) is 4.39 Å². The molecular weight excluding hydrogens is 249 g/mol. The lowest BCUT2D eigenvalue weighted by molar-refractivity contribution is -0.143. The predicted molar refractivity (Wildman–Crippen MR) is 67.4 cm³/mol. The largest absolute Gasteiger partial charge is 0.481 e. The van der Waals surface area contributed by atoms with E-state index in [0.717, 1.165) is 0 Å². The minimum Gasteiger partial charge on any atom is -0.481 e. The van der Waals surface area contributed by atoms with Crippen LogP contribution in [0.1, 0.15) is 28.8 Å². The Balaban J connectivity index is 2.19. The minimum absolute atomic E-state index is 0.199. The molecule has 1 N–H and O–H groups in total. The second kappa shape index (κ2) is 5.38. The van der Waals surface area contributed by atoms with E-state index >= 15 is 0 Å². The summed E-state index contributed by atoms with van der Waals surface area (Å²) in [5.74, 6) is -2.15. The van der Waals surface area contributed by atoms with Crippen molar-refractivity contribution in [2.45, 2.75) is 19.8 Å². The molecule has 1 amide bonds. The molecule has 1 aromatic rings. The molecule has 2 rings (SSSR count). The number of halogens is 1.